The number of hydrogen-bond acceptors (Lipinski definition) is 4. The van der Waals surface area contributed by atoms with Gasteiger partial charge in [0.05, 0.1) is 6.20 Å². The standard InChI is InChI=1S/C18H16ClN3O2/c19-15-7-5-13(6-8-15)9-10-20-17(23)12-24-18-16-4-2-1-3-14(16)11-21-22-18/h1-8,11H,9-10,12H2,(H,20,23). The number of halogens is 1. The lowest BCUT2D eigenvalue weighted by molar-refractivity contribution is -0.123. The van der Waals surface area contributed by atoms with Crippen LogP contribution in [0.2, 0.25) is 5.02 Å². The molecule has 0 saturated heterocycles. The summed E-state index contributed by atoms with van der Waals surface area (Å²) in [6.45, 7) is 0.439. The first-order valence-corrected chi connectivity index (χ1v) is 7.94. The predicted molar refractivity (Wildman–Crippen MR) is 93.2 cm³/mol. The first kappa shape index (κ1) is 16.2. The van der Waals surface area contributed by atoms with Crippen molar-refractivity contribution in [2.45, 2.75) is 6.42 Å². The van der Waals surface area contributed by atoms with Gasteiger partial charge in [-0.2, -0.15) is 5.10 Å². The molecular formula is C18H16ClN3O2. The fourth-order valence-corrected chi connectivity index (χ4v) is 2.42. The van der Waals surface area contributed by atoms with Crippen LogP contribution in [-0.4, -0.2) is 29.3 Å². The van der Waals surface area contributed by atoms with Crippen molar-refractivity contribution in [2.75, 3.05) is 13.2 Å². The maximum atomic E-state index is 11.9. The monoisotopic (exact) mass is 341 g/mol. The van der Waals surface area contributed by atoms with Gasteiger partial charge >= 0.3 is 0 Å². The molecule has 1 N–H and O–H groups in total. The fraction of sp³-hybridized carbons (Fsp3) is 0.167. The Balaban J connectivity index is 1.49. The van der Waals surface area contributed by atoms with Crippen LogP contribution in [0.25, 0.3) is 10.8 Å². The fourth-order valence-electron chi connectivity index (χ4n) is 2.29. The summed E-state index contributed by atoms with van der Waals surface area (Å²) >= 11 is 5.84. The minimum absolute atomic E-state index is 0.0939. The van der Waals surface area contributed by atoms with Crippen molar-refractivity contribution in [3.05, 3.63) is 65.3 Å². The van der Waals surface area contributed by atoms with E-state index in [4.69, 9.17) is 16.3 Å². The van der Waals surface area contributed by atoms with Gasteiger partial charge in [-0.3, -0.25) is 4.79 Å². The van der Waals surface area contributed by atoms with Gasteiger partial charge in [0.1, 0.15) is 0 Å². The second-order valence-electron chi connectivity index (χ2n) is 5.25. The Bertz CT molecular complexity index is 832. The van der Waals surface area contributed by atoms with Crippen LogP contribution in [0.4, 0.5) is 0 Å². The molecule has 2 aromatic carbocycles. The van der Waals surface area contributed by atoms with E-state index in [0.29, 0.717) is 17.4 Å². The van der Waals surface area contributed by atoms with Crippen LogP contribution in [0.3, 0.4) is 0 Å². The van der Waals surface area contributed by atoms with Gasteiger partial charge < -0.3 is 10.1 Å². The summed E-state index contributed by atoms with van der Waals surface area (Å²) in [5.74, 6) is 0.166. The zero-order chi connectivity index (χ0) is 16.8. The molecule has 0 aliphatic rings. The van der Waals surface area contributed by atoms with Crippen LogP contribution in [0, 0.1) is 0 Å². The molecule has 5 nitrogen and oxygen atoms in total. The zero-order valence-corrected chi connectivity index (χ0v) is 13.7. The SMILES string of the molecule is O=C(COc1nncc2ccccc12)NCCc1ccc(Cl)cc1. The summed E-state index contributed by atoms with van der Waals surface area (Å²) in [6, 6.07) is 15.2. The van der Waals surface area contributed by atoms with Crippen LogP contribution in [0.1, 0.15) is 5.56 Å². The van der Waals surface area contributed by atoms with Crippen LogP contribution in [0.5, 0.6) is 5.88 Å². The molecule has 0 bridgehead atoms. The molecule has 0 unspecified atom stereocenters. The molecule has 0 radical (unpaired) electrons. The molecule has 6 heteroatoms. The van der Waals surface area contributed by atoms with Gasteiger partial charge in [-0.25, -0.2) is 0 Å². The Hall–Kier alpha value is -2.66. The highest BCUT2D eigenvalue weighted by molar-refractivity contribution is 6.30. The van der Waals surface area contributed by atoms with Crippen LogP contribution in [0.15, 0.2) is 54.7 Å². The maximum Gasteiger partial charge on any atom is 0.258 e. The summed E-state index contributed by atoms with van der Waals surface area (Å²) in [4.78, 5) is 11.9. The Labute approximate surface area is 144 Å². The van der Waals surface area contributed by atoms with Crippen molar-refractivity contribution >= 4 is 28.3 Å². The second kappa shape index (κ2) is 7.75. The number of nitrogens with zero attached hydrogens (tertiary/aromatic N) is 2. The number of carbonyl (C=O) groups is 1. The third kappa shape index (κ3) is 4.20. The lowest BCUT2D eigenvalue weighted by Gasteiger charge is -2.08. The molecule has 1 aromatic heterocycles. The second-order valence-corrected chi connectivity index (χ2v) is 5.69. The molecule has 0 atom stereocenters. The molecule has 0 fully saturated rings. The highest BCUT2D eigenvalue weighted by atomic mass is 35.5. The number of ether oxygens (including phenoxy) is 1. The van der Waals surface area contributed by atoms with Crippen molar-refractivity contribution < 1.29 is 9.53 Å². The van der Waals surface area contributed by atoms with E-state index >= 15 is 0 Å². The number of aromatic nitrogens is 2. The predicted octanol–water partition coefficient (Wildman–Crippen LogP) is 3.02. The average molecular weight is 342 g/mol. The molecule has 0 saturated carbocycles. The number of fused-ring (bicyclic) bond motifs is 1. The van der Waals surface area contributed by atoms with Gasteiger partial charge in [0.25, 0.3) is 5.91 Å². The van der Waals surface area contributed by atoms with Gasteiger partial charge in [-0.15, -0.1) is 5.10 Å². The van der Waals surface area contributed by atoms with E-state index < -0.39 is 0 Å². The van der Waals surface area contributed by atoms with Gasteiger partial charge in [0.2, 0.25) is 5.88 Å². The van der Waals surface area contributed by atoms with Crippen molar-refractivity contribution in [1.82, 2.24) is 15.5 Å². The van der Waals surface area contributed by atoms with E-state index in [1.54, 1.807) is 6.20 Å². The van der Waals surface area contributed by atoms with Crippen molar-refractivity contribution in [1.29, 1.82) is 0 Å². The Morgan fingerprint density at radius 3 is 2.75 bits per heavy atom. The van der Waals surface area contributed by atoms with E-state index in [2.05, 4.69) is 15.5 Å². The number of nitrogens with one attached hydrogen (secondary N) is 1. The topological polar surface area (TPSA) is 64.1 Å². The van der Waals surface area contributed by atoms with E-state index in [1.165, 1.54) is 0 Å². The Morgan fingerprint density at radius 1 is 1.12 bits per heavy atom. The molecule has 1 amide bonds. The molecule has 24 heavy (non-hydrogen) atoms. The molecule has 0 spiro atoms. The minimum atomic E-state index is -0.196. The van der Waals surface area contributed by atoms with Crippen molar-refractivity contribution in [2.24, 2.45) is 0 Å². The molecule has 122 valence electrons. The summed E-state index contributed by atoms with van der Waals surface area (Å²) < 4.78 is 5.50. The summed E-state index contributed by atoms with van der Waals surface area (Å²) in [5.41, 5.74) is 1.11. The Morgan fingerprint density at radius 2 is 1.92 bits per heavy atom. The van der Waals surface area contributed by atoms with Crippen molar-refractivity contribution in [3.63, 3.8) is 0 Å². The molecule has 1 heterocycles. The lowest BCUT2D eigenvalue weighted by atomic mass is 10.1. The largest absolute Gasteiger partial charge is 0.466 e. The zero-order valence-electron chi connectivity index (χ0n) is 12.9. The van der Waals surface area contributed by atoms with Gasteiger partial charge in [-0.1, -0.05) is 41.9 Å². The average Bonchev–Trinajstić information content (AvgIpc) is 2.61. The number of benzene rings is 2. The van der Waals surface area contributed by atoms with Crippen LogP contribution >= 0.6 is 11.6 Å². The maximum absolute atomic E-state index is 11.9. The smallest absolute Gasteiger partial charge is 0.258 e. The number of rotatable bonds is 6. The summed E-state index contributed by atoms with van der Waals surface area (Å²) in [6.07, 6.45) is 2.39. The highest BCUT2D eigenvalue weighted by Crippen LogP contribution is 2.20. The minimum Gasteiger partial charge on any atom is -0.466 e. The van der Waals surface area contributed by atoms with Crippen molar-refractivity contribution in [3.8, 4) is 5.88 Å². The molecular weight excluding hydrogens is 326 g/mol. The molecule has 0 aliphatic heterocycles. The third-order valence-corrected chi connectivity index (χ3v) is 3.78. The van der Waals surface area contributed by atoms with Crippen LogP contribution in [-0.2, 0) is 11.2 Å². The normalized spacial score (nSPS) is 10.5. The quantitative estimate of drug-likeness (QED) is 0.748. The number of amides is 1. The van der Waals surface area contributed by atoms with Gasteiger partial charge in [0, 0.05) is 22.3 Å². The van der Waals surface area contributed by atoms with E-state index in [-0.39, 0.29) is 12.5 Å². The summed E-state index contributed by atoms with van der Waals surface area (Å²) in [7, 11) is 0. The molecule has 3 aromatic rings. The number of hydrogen-bond donors (Lipinski definition) is 1. The van der Waals surface area contributed by atoms with E-state index in [9.17, 15) is 4.79 Å². The first-order valence-electron chi connectivity index (χ1n) is 7.57. The number of carbonyl (C=O) groups excluding carboxylic acids is 1. The van der Waals surface area contributed by atoms with Crippen LogP contribution < -0.4 is 10.1 Å². The molecule has 3 rings (SSSR count). The van der Waals surface area contributed by atoms with E-state index in [1.807, 2.05) is 48.5 Å². The van der Waals surface area contributed by atoms with Gasteiger partial charge in [-0.05, 0) is 30.2 Å². The molecule has 0 aliphatic carbocycles. The highest BCUT2D eigenvalue weighted by Gasteiger charge is 2.07. The Kier molecular flexibility index (Phi) is 5.23. The van der Waals surface area contributed by atoms with Gasteiger partial charge in [0.15, 0.2) is 6.61 Å². The van der Waals surface area contributed by atoms with E-state index in [0.717, 1.165) is 22.8 Å². The third-order valence-electron chi connectivity index (χ3n) is 3.53. The lowest BCUT2D eigenvalue weighted by Crippen LogP contribution is -2.30. The summed E-state index contributed by atoms with van der Waals surface area (Å²) in [5, 5.41) is 13.1. The first-order chi connectivity index (χ1) is 11.7.